The molecule has 2 aromatic rings. The lowest BCUT2D eigenvalue weighted by molar-refractivity contribution is 0.0731. The van der Waals surface area contributed by atoms with Crippen LogP contribution in [0.2, 0.25) is 0 Å². The molecule has 3 rings (SSSR count). The van der Waals surface area contributed by atoms with E-state index in [4.69, 9.17) is 9.47 Å². The number of carbonyl (C=O) groups excluding carboxylic acids is 1. The van der Waals surface area contributed by atoms with E-state index in [2.05, 4.69) is 6.07 Å². The highest BCUT2D eigenvalue weighted by molar-refractivity contribution is 5.97. The summed E-state index contributed by atoms with van der Waals surface area (Å²) in [4.78, 5) is 14.6. The van der Waals surface area contributed by atoms with E-state index in [1.54, 1.807) is 14.2 Å². The van der Waals surface area contributed by atoms with Gasteiger partial charge < -0.3 is 14.4 Å². The van der Waals surface area contributed by atoms with Gasteiger partial charge in [0, 0.05) is 13.1 Å². The Morgan fingerprint density at radius 2 is 1.86 bits per heavy atom. The van der Waals surface area contributed by atoms with E-state index >= 15 is 0 Å². The first kappa shape index (κ1) is 14.4. The minimum atomic E-state index is 0.0129. The van der Waals surface area contributed by atoms with Crippen LogP contribution in [0.4, 0.5) is 0 Å². The summed E-state index contributed by atoms with van der Waals surface area (Å²) < 4.78 is 10.6. The number of ether oxygens (including phenoxy) is 2. The summed E-state index contributed by atoms with van der Waals surface area (Å²) >= 11 is 0. The molecule has 1 amide bonds. The first-order chi connectivity index (χ1) is 10.7. The van der Waals surface area contributed by atoms with Crippen molar-refractivity contribution in [2.45, 2.75) is 13.0 Å². The monoisotopic (exact) mass is 297 g/mol. The normalized spacial score (nSPS) is 13.5. The molecule has 0 radical (unpaired) electrons. The van der Waals surface area contributed by atoms with E-state index in [0.717, 1.165) is 12.2 Å². The van der Waals surface area contributed by atoms with Gasteiger partial charge in [-0.3, -0.25) is 4.79 Å². The molecule has 0 atom stereocenters. The Balaban J connectivity index is 1.83. The highest BCUT2D eigenvalue weighted by Crippen LogP contribution is 2.26. The van der Waals surface area contributed by atoms with Gasteiger partial charge in [-0.15, -0.1) is 0 Å². The quantitative estimate of drug-likeness (QED) is 0.874. The molecule has 4 heteroatoms. The fourth-order valence-electron chi connectivity index (χ4n) is 2.82. The number of rotatable bonds is 3. The molecule has 1 aliphatic rings. The molecule has 2 aromatic carbocycles. The lowest BCUT2D eigenvalue weighted by Gasteiger charge is -2.29. The number of methoxy groups -OCH3 is 2. The fourth-order valence-corrected chi connectivity index (χ4v) is 2.82. The van der Waals surface area contributed by atoms with Gasteiger partial charge in [-0.1, -0.05) is 18.2 Å². The van der Waals surface area contributed by atoms with Crippen LogP contribution in [0.3, 0.4) is 0 Å². The number of carbonyl (C=O) groups is 1. The third-order valence-corrected chi connectivity index (χ3v) is 4.05. The van der Waals surface area contributed by atoms with Crippen molar-refractivity contribution in [1.29, 1.82) is 0 Å². The average molecular weight is 297 g/mol. The number of fused-ring (bicyclic) bond motifs is 1. The lowest BCUT2D eigenvalue weighted by Crippen LogP contribution is -2.36. The van der Waals surface area contributed by atoms with Crippen molar-refractivity contribution in [3.8, 4) is 11.5 Å². The van der Waals surface area contributed by atoms with E-state index in [-0.39, 0.29) is 5.91 Å². The topological polar surface area (TPSA) is 38.8 Å². The second-order valence-corrected chi connectivity index (χ2v) is 5.31. The molecule has 0 spiro atoms. The van der Waals surface area contributed by atoms with Crippen molar-refractivity contribution in [1.82, 2.24) is 4.90 Å². The number of nitrogens with zero attached hydrogens (tertiary/aromatic N) is 1. The number of hydrogen-bond acceptors (Lipinski definition) is 3. The van der Waals surface area contributed by atoms with Gasteiger partial charge in [0.25, 0.3) is 5.91 Å². The van der Waals surface area contributed by atoms with Gasteiger partial charge in [-0.25, -0.2) is 0 Å². The highest BCUT2D eigenvalue weighted by Gasteiger charge is 2.24. The van der Waals surface area contributed by atoms with E-state index in [0.29, 0.717) is 24.4 Å². The van der Waals surface area contributed by atoms with E-state index in [1.165, 1.54) is 11.1 Å². The van der Waals surface area contributed by atoms with E-state index in [9.17, 15) is 4.79 Å². The zero-order valence-electron chi connectivity index (χ0n) is 12.8. The van der Waals surface area contributed by atoms with Gasteiger partial charge in [-0.05, 0) is 41.8 Å². The summed E-state index contributed by atoms with van der Waals surface area (Å²) in [5.74, 6) is 1.50. The number of benzene rings is 2. The molecule has 114 valence electrons. The maximum atomic E-state index is 12.7. The third kappa shape index (κ3) is 2.64. The van der Waals surface area contributed by atoms with Gasteiger partial charge in [0.15, 0.2) is 0 Å². The van der Waals surface area contributed by atoms with Gasteiger partial charge in [0.1, 0.15) is 11.5 Å². The van der Waals surface area contributed by atoms with Crippen molar-refractivity contribution < 1.29 is 14.3 Å². The summed E-state index contributed by atoms with van der Waals surface area (Å²) in [6.45, 7) is 1.33. The number of para-hydroxylation sites is 1. The molecule has 0 fully saturated rings. The molecular formula is C18H19NO3. The van der Waals surface area contributed by atoms with Crippen LogP contribution < -0.4 is 9.47 Å². The molecule has 0 aliphatic carbocycles. The lowest BCUT2D eigenvalue weighted by atomic mass is 9.98. The summed E-state index contributed by atoms with van der Waals surface area (Å²) in [7, 11) is 3.26. The smallest absolute Gasteiger partial charge is 0.257 e. The summed E-state index contributed by atoms with van der Waals surface area (Å²) in [6, 6.07) is 13.4. The number of amides is 1. The van der Waals surface area contributed by atoms with Crippen LogP contribution >= 0.6 is 0 Å². The number of hydrogen-bond donors (Lipinski definition) is 0. The first-order valence-electron chi connectivity index (χ1n) is 7.31. The van der Waals surface area contributed by atoms with Crippen LogP contribution in [0, 0.1) is 0 Å². The molecule has 0 saturated heterocycles. The Morgan fingerprint density at radius 3 is 2.64 bits per heavy atom. The predicted octanol–water partition coefficient (Wildman–Crippen LogP) is 2.90. The van der Waals surface area contributed by atoms with Crippen LogP contribution in [0.5, 0.6) is 11.5 Å². The Morgan fingerprint density at radius 1 is 1.05 bits per heavy atom. The van der Waals surface area contributed by atoms with Gasteiger partial charge in [-0.2, -0.15) is 0 Å². The predicted molar refractivity (Wildman–Crippen MR) is 84.4 cm³/mol. The summed E-state index contributed by atoms with van der Waals surface area (Å²) in [6.07, 6.45) is 0.841. The highest BCUT2D eigenvalue weighted by atomic mass is 16.5. The van der Waals surface area contributed by atoms with Crippen LogP contribution in [-0.4, -0.2) is 31.6 Å². The molecule has 0 bridgehead atoms. The summed E-state index contributed by atoms with van der Waals surface area (Å²) in [5, 5.41) is 0. The van der Waals surface area contributed by atoms with Crippen LogP contribution in [0.1, 0.15) is 21.5 Å². The van der Waals surface area contributed by atoms with Crippen molar-refractivity contribution in [3.63, 3.8) is 0 Å². The first-order valence-corrected chi connectivity index (χ1v) is 7.31. The molecule has 0 unspecified atom stereocenters. The Labute approximate surface area is 130 Å². The second kappa shape index (κ2) is 6.10. The molecule has 0 saturated carbocycles. The third-order valence-electron chi connectivity index (χ3n) is 4.05. The molecule has 22 heavy (non-hydrogen) atoms. The van der Waals surface area contributed by atoms with Crippen molar-refractivity contribution in [3.05, 3.63) is 59.2 Å². The van der Waals surface area contributed by atoms with E-state index < -0.39 is 0 Å². The van der Waals surface area contributed by atoms with Gasteiger partial charge in [0.05, 0.1) is 19.8 Å². The maximum Gasteiger partial charge on any atom is 0.257 e. The Kier molecular flexibility index (Phi) is 4.00. The molecule has 4 nitrogen and oxygen atoms in total. The van der Waals surface area contributed by atoms with E-state index in [1.807, 2.05) is 41.3 Å². The SMILES string of the molecule is COc1ccc2c(c1)CCN(C(=O)c1ccccc1OC)C2. The molecule has 1 aliphatic heterocycles. The van der Waals surface area contributed by atoms with Crippen molar-refractivity contribution >= 4 is 5.91 Å². The molecular weight excluding hydrogens is 278 g/mol. The van der Waals surface area contributed by atoms with Crippen LogP contribution in [-0.2, 0) is 13.0 Å². The minimum Gasteiger partial charge on any atom is -0.497 e. The minimum absolute atomic E-state index is 0.0129. The van der Waals surface area contributed by atoms with Crippen LogP contribution in [0.25, 0.3) is 0 Å². The van der Waals surface area contributed by atoms with Gasteiger partial charge >= 0.3 is 0 Å². The molecule has 0 aromatic heterocycles. The average Bonchev–Trinajstić information content (AvgIpc) is 2.60. The second-order valence-electron chi connectivity index (χ2n) is 5.31. The van der Waals surface area contributed by atoms with Crippen LogP contribution in [0.15, 0.2) is 42.5 Å². The zero-order chi connectivity index (χ0) is 15.5. The zero-order valence-corrected chi connectivity index (χ0v) is 12.8. The summed E-state index contributed by atoms with van der Waals surface area (Å²) in [5.41, 5.74) is 3.04. The molecule has 0 N–H and O–H groups in total. The van der Waals surface area contributed by atoms with Crippen molar-refractivity contribution in [2.24, 2.45) is 0 Å². The van der Waals surface area contributed by atoms with Gasteiger partial charge in [0.2, 0.25) is 0 Å². The fraction of sp³-hybridized carbons (Fsp3) is 0.278. The Bertz CT molecular complexity index is 696. The maximum absolute atomic E-state index is 12.7. The molecule has 1 heterocycles. The Hall–Kier alpha value is -2.49. The largest absolute Gasteiger partial charge is 0.497 e. The van der Waals surface area contributed by atoms with Crippen molar-refractivity contribution in [2.75, 3.05) is 20.8 Å². The standard InChI is InChI=1S/C18H19NO3/c1-21-15-8-7-14-12-19(10-9-13(14)11-15)18(20)16-5-3-4-6-17(16)22-2/h3-8,11H,9-10,12H2,1-2H3.